The highest BCUT2D eigenvalue weighted by atomic mass is 16.5. The lowest BCUT2D eigenvalue weighted by atomic mass is 10.1. The Bertz CT molecular complexity index is 942. The van der Waals surface area contributed by atoms with E-state index < -0.39 is 0 Å². The third-order valence-corrected chi connectivity index (χ3v) is 5.00. The van der Waals surface area contributed by atoms with Crippen LogP contribution < -0.4 is 14.8 Å². The van der Waals surface area contributed by atoms with Gasteiger partial charge in [-0.15, -0.1) is 0 Å². The number of ether oxygens (including phenoxy) is 2. The zero-order chi connectivity index (χ0) is 20.1. The summed E-state index contributed by atoms with van der Waals surface area (Å²) < 4.78 is 10.7. The molecule has 0 radical (unpaired) electrons. The van der Waals surface area contributed by atoms with Crippen LogP contribution >= 0.6 is 0 Å². The molecule has 0 bridgehead atoms. The Labute approximate surface area is 171 Å². The zero-order valence-electron chi connectivity index (χ0n) is 16.9. The second-order valence-electron chi connectivity index (χ2n) is 7.06. The molecule has 0 saturated carbocycles. The van der Waals surface area contributed by atoms with Gasteiger partial charge in [0, 0.05) is 43.5 Å². The highest BCUT2D eigenvalue weighted by Gasteiger charge is 2.18. The van der Waals surface area contributed by atoms with Crippen LogP contribution in [0.15, 0.2) is 54.7 Å². The molecular formula is C23H26N4O2. The Balaban J connectivity index is 1.38. The van der Waals surface area contributed by atoms with Gasteiger partial charge in [-0.25, -0.2) is 9.97 Å². The van der Waals surface area contributed by atoms with E-state index in [9.17, 15) is 0 Å². The molecule has 6 nitrogen and oxygen atoms in total. The zero-order valence-corrected chi connectivity index (χ0v) is 16.9. The summed E-state index contributed by atoms with van der Waals surface area (Å²) in [7, 11) is 1.66. The van der Waals surface area contributed by atoms with E-state index in [0.29, 0.717) is 12.6 Å². The molecule has 1 aliphatic rings. The van der Waals surface area contributed by atoms with E-state index in [2.05, 4.69) is 27.3 Å². The second kappa shape index (κ2) is 8.92. The van der Waals surface area contributed by atoms with Crippen molar-refractivity contribution in [1.82, 2.24) is 14.9 Å². The van der Waals surface area contributed by atoms with Gasteiger partial charge in [0.15, 0.2) is 0 Å². The summed E-state index contributed by atoms with van der Waals surface area (Å²) in [6.45, 7) is 5.46. The summed E-state index contributed by atoms with van der Waals surface area (Å²) in [5, 5.41) is 3.27. The fourth-order valence-electron chi connectivity index (χ4n) is 3.49. The monoisotopic (exact) mass is 390 g/mol. The van der Waals surface area contributed by atoms with Crippen LogP contribution in [0.5, 0.6) is 11.5 Å². The number of hydrogen-bond acceptors (Lipinski definition) is 6. The lowest BCUT2D eigenvalue weighted by Gasteiger charge is -2.28. The Morgan fingerprint density at radius 3 is 2.52 bits per heavy atom. The lowest BCUT2D eigenvalue weighted by Crippen LogP contribution is -2.31. The van der Waals surface area contributed by atoms with Gasteiger partial charge in [0.1, 0.15) is 11.5 Å². The average Bonchev–Trinajstić information content (AvgIpc) is 2.76. The number of methoxy groups -OCH3 is 1. The maximum atomic E-state index is 5.52. The van der Waals surface area contributed by atoms with Crippen LogP contribution in [-0.4, -0.2) is 35.1 Å². The van der Waals surface area contributed by atoms with Crippen LogP contribution in [0.1, 0.15) is 23.7 Å². The van der Waals surface area contributed by atoms with Crippen molar-refractivity contribution in [3.63, 3.8) is 0 Å². The van der Waals surface area contributed by atoms with Crippen LogP contribution in [0, 0.1) is 0 Å². The first-order valence-electron chi connectivity index (χ1n) is 9.93. The predicted octanol–water partition coefficient (Wildman–Crippen LogP) is 4.19. The number of anilines is 2. The molecule has 0 spiro atoms. The SMILES string of the molecule is CCOc1ccc(CN2CCc3nc(Nc4ccc(OC)cc4)ncc3C2)cc1. The summed E-state index contributed by atoms with van der Waals surface area (Å²) in [4.78, 5) is 11.7. The molecule has 1 aliphatic heterocycles. The third kappa shape index (κ3) is 4.84. The second-order valence-corrected chi connectivity index (χ2v) is 7.06. The van der Waals surface area contributed by atoms with Gasteiger partial charge in [0.25, 0.3) is 0 Å². The van der Waals surface area contributed by atoms with Crippen molar-refractivity contribution >= 4 is 11.6 Å². The minimum absolute atomic E-state index is 0.633. The van der Waals surface area contributed by atoms with Crippen LogP contribution in [0.2, 0.25) is 0 Å². The number of nitrogens with one attached hydrogen (secondary N) is 1. The Morgan fingerprint density at radius 1 is 1.03 bits per heavy atom. The van der Waals surface area contributed by atoms with Crippen molar-refractivity contribution in [1.29, 1.82) is 0 Å². The first-order valence-corrected chi connectivity index (χ1v) is 9.93. The highest BCUT2D eigenvalue weighted by molar-refractivity contribution is 5.54. The van der Waals surface area contributed by atoms with E-state index in [1.807, 2.05) is 49.5 Å². The van der Waals surface area contributed by atoms with Crippen LogP contribution in [0.3, 0.4) is 0 Å². The Morgan fingerprint density at radius 2 is 1.79 bits per heavy atom. The smallest absolute Gasteiger partial charge is 0.227 e. The molecule has 0 atom stereocenters. The molecule has 0 fully saturated rings. The average molecular weight is 390 g/mol. The fourth-order valence-corrected chi connectivity index (χ4v) is 3.49. The number of fused-ring (bicyclic) bond motifs is 1. The molecular weight excluding hydrogens is 364 g/mol. The molecule has 0 amide bonds. The van der Waals surface area contributed by atoms with Gasteiger partial charge >= 0.3 is 0 Å². The van der Waals surface area contributed by atoms with Crippen molar-refractivity contribution < 1.29 is 9.47 Å². The van der Waals surface area contributed by atoms with E-state index in [-0.39, 0.29) is 0 Å². The molecule has 4 rings (SSSR count). The standard InChI is InChI=1S/C23H26N4O2/c1-3-29-21-8-4-17(5-9-21)15-27-13-12-22-18(16-27)14-24-23(26-22)25-19-6-10-20(28-2)11-7-19/h4-11,14H,3,12-13,15-16H2,1-2H3,(H,24,25,26). The first kappa shape index (κ1) is 19.2. The van der Waals surface area contributed by atoms with E-state index in [0.717, 1.165) is 48.9 Å². The molecule has 0 aliphatic carbocycles. The molecule has 1 aromatic heterocycles. The summed E-state index contributed by atoms with van der Waals surface area (Å²) in [5.41, 5.74) is 4.55. The number of rotatable bonds is 7. The topological polar surface area (TPSA) is 59.5 Å². The van der Waals surface area contributed by atoms with Crippen molar-refractivity contribution in [3.8, 4) is 11.5 Å². The van der Waals surface area contributed by atoms with Gasteiger partial charge in [-0.3, -0.25) is 4.90 Å². The van der Waals surface area contributed by atoms with E-state index in [1.54, 1.807) is 7.11 Å². The van der Waals surface area contributed by atoms with Gasteiger partial charge in [-0.2, -0.15) is 0 Å². The molecule has 6 heteroatoms. The van der Waals surface area contributed by atoms with Crippen LogP contribution in [-0.2, 0) is 19.5 Å². The first-order chi connectivity index (χ1) is 14.2. The number of hydrogen-bond donors (Lipinski definition) is 1. The van der Waals surface area contributed by atoms with Gasteiger partial charge in [-0.1, -0.05) is 12.1 Å². The van der Waals surface area contributed by atoms with Gasteiger partial charge in [0.05, 0.1) is 19.4 Å². The summed E-state index contributed by atoms with van der Waals surface area (Å²) in [6, 6.07) is 16.1. The molecule has 29 heavy (non-hydrogen) atoms. The van der Waals surface area contributed by atoms with E-state index in [4.69, 9.17) is 14.5 Å². The van der Waals surface area contributed by atoms with Crippen molar-refractivity contribution in [2.45, 2.75) is 26.4 Å². The van der Waals surface area contributed by atoms with E-state index >= 15 is 0 Å². The quantitative estimate of drug-likeness (QED) is 0.653. The third-order valence-electron chi connectivity index (χ3n) is 5.00. The minimum Gasteiger partial charge on any atom is -0.497 e. The summed E-state index contributed by atoms with van der Waals surface area (Å²) in [5.74, 6) is 2.38. The predicted molar refractivity (Wildman–Crippen MR) is 114 cm³/mol. The van der Waals surface area contributed by atoms with Gasteiger partial charge < -0.3 is 14.8 Å². The largest absolute Gasteiger partial charge is 0.497 e. The van der Waals surface area contributed by atoms with Gasteiger partial charge in [-0.05, 0) is 48.9 Å². The maximum Gasteiger partial charge on any atom is 0.227 e. The normalized spacial score (nSPS) is 13.6. The Hall–Kier alpha value is -3.12. The minimum atomic E-state index is 0.633. The van der Waals surface area contributed by atoms with Crippen LogP contribution in [0.4, 0.5) is 11.6 Å². The molecule has 2 heterocycles. The highest BCUT2D eigenvalue weighted by Crippen LogP contribution is 2.23. The molecule has 150 valence electrons. The molecule has 1 N–H and O–H groups in total. The molecule has 0 saturated heterocycles. The molecule has 2 aromatic carbocycles. The van der Waals surface area contributed by atoms with E-state index in [1.165, 1.54) is 11.1 Å². The van der Waals surface area contributed by atoms with Crippen molar-refractivity contribution in [3.05, 3.63) is 71.5 Å². The molecule has 3 aromatic rings. The number of aromatic nitrogens is 2. The summed E-state index contributed by atoms with van der Waals surface area (Å²) >= 11 is 0. The maximum absolute atomic E-state index is 5.52. The number of nitrogens with zero attached hydrogens (tertiary/aromatic N) is 3. The van der Waals surface area contributed by atoms with Crippen molar-refractivity contribution in [2.75, 3.05) is 25.6 Å². The fraction of sp³-hybridized carbons (Fsp3) is 0.304. The van der Waals surface area contributed by atoms with Crippen molar-refractivity contribution in [2.24, 2.45) is 0 Å². The van der Waals surface area contributed by atoms with Crippen LogP contribution in [0.25, 0.3) is 0 Å². The van der Waals surface area contributed by atoms with Gasteiger partial charge in [0.2, 0.25) is 5.95 Å². The summed E-state index contributed by atoms with van der Waals surface area (Å²) in [6.07, 6.45) is 2.87. The lowest BCUT2D eigenvalue weighted by molar-refractivity contribution is 0.243. The number of benzene rings is 2. The molecule has 0 unspecified atom stereocenters. The Kier molecular flexibility index (Phi) is 5.91.